The van der Waals surface area contributed by atoms with E-state index in [9.17, 15) is 8.42 Å². The predicted octanol–water partition coefficient (Wildman–Crippen LogP) is -0.603. The average Bonchev–Trinajstić information content (AvgIpc) is 2.61. The summed E-state index contributed by atoms with van der Waals surface area (Å²) in [5.74, 6) is 0.458. The van der Waals surface area contributed by atoms with E-state index in [1.807, 2.05) is 0 Å². The molecule has 0 aliphatic rings. The third kappa shape index (κ3) is 3.63. The Bertz CT molecular complexity index is 412. The van der Waals surface area contributed by atoms with E-state index in [1.54, 1.807) is 6.92 Å². The summed E-state index contributed by atoms with van der Waals surface area (Å²) in [6.45, 7) is 2.14. The summed E-state index contributed by atoms with van der Waals surface area (Å²) in [7, 11) is -3.77. The molecule has 1 aromatic rings. The van der Waals surface area contributed by atoms with Gasteiger partial charge in [0.1, 0.15) is 5.76 Å². The molecule has 0 radical (unpaired) electrons. The minimum absolute atomic E-state index is 0.00273. The van der Waals surface area contributed by atoms with Crippen LogP contribution in [0.5, 0.6) is 0 Å². The molecule has 6 nitrogen and oxygen atoms in total. The van der Waals surface area contributed by atoms with Crippen LogP contribution in [0, 0.1) is 0 Å². The van der Waals surface area contributed by atoms with Crippen molar-refractivity contribution < 1.29 is 17.9 Å². The lowest BCUT2D eigenvalue weighted by Crippen LogP contribution is -2.28. The Morgan fingerprint density at radius 3 is 2.73 bits per heavy atom. The van der Waals surface area contributed by atoms with Crippen LogP contribution in [0.4, 0.5) is 0 Å². The Balaban J connectivity index is 2.62. The fraction of sp³-hybridized carbons (Fsp3) is 0.500. The third-order valence-electron chi connectivity index (χ3n) is 1.82. The summed E-state index contributed by atoms with van der Waals surface area (Å²) in [5, 5.41) is 16.3. The van der Waals surface area contributed by atoms with Crippen LogP contribution in [0.2, 0.25) is 0 Å². The molecule has 86 valence electrons. The van der Waals surface area contributed by atoms with Crippen molar-refractivity contribution in [3.8, 4) is 0 Å². The Hall–Kier alpha value is -0.890. The minimum atomic E-state index is -3.77. The Morgan fingerprint density at radius 1 is 1.60 bits per heavy atom. The summed E-state index contributed by atoms with van der Waals surface area (Å²) in [5.41, 5.74) is 0. The molecule has 4 N–H and O–H groups in total. The van der Waals surface area contributed by atoms with Gasteiger partial charge in [0.15, 0.2) is 0 Å². The number of hydrogen-bond acceptors (Lipinski definition) is 5. The molecule has 0 bridgehead atoms. The molecule has 0 spiro atoms. The van der Waals surface area contributed by atoms with E-state index in [2.05, 4.69) is 5.32 Å². The van der Waals surface area contributed by atoms with Crippen LogP contribution in [0.1, 0.15) is 12.7 Å². The maximum absolute atomic E-state index is 10.9. The Morgan fingerprint density at radius 2 is 2.27 bits per heavy atom. The zero-order valence-electron chi connectivity index (χ0n) is 8.30. The van der Waals surface area contributed by atoms with Gasteiger partial charge in [-0.05, 0) is 19.1 Å². The summed E-state index contributed by atoms with van der Waals surface area (Å²) >= 11 is 0. The first-order valence-corrected chi connectivity index (χ1v) is 5.94. The first kappa shape index (κ1) is 12.2. The Kier molecular flexibility index (Phi) is 3.86. The molecule has 15 heavy (non-hydrogen) atoms. The predicted molar refractivity (Wildman–Crippen MR) is 53.5 cm³/mol. The first-order chi connectivity index (χ1) is 6.93. The zero-order chi connectivity index (χ0) is 11.5. The standard InChI is InChI=1S/C8H14N2O4S/c1-6(5-11)10-4-7-2-3-8(14-7)15(9,12)13/h2-3,6,10-11H,4-5H2,1H3,(H2,9,12,13)/t6-/m1/s1. The van der Waals surface area contributed by atoms with Crippen molar-refractivity contribution in [1.82, 2.24) is 5.32 Å². The van der Waals surface area contributed by atoms with Crippen molar-refractivity contribution in [3.63, 3.8) is 0 Å². The highest BCUT2D eigenvalue weighted by molar-refractivity contribution is 7.89. The van der Waals surface area contributed by atoms with E-state index in [0.717, 1.165) is 0 Å². The maximum atomic E-state index is 10.9. The number of aliphatic hydroxyl groups excluding tert-OH is 1. The number of rotatable bonds is 5. The molecule has 1 aromatic heterocycles. The minimum Gasteiger partial charge on any atom is -0.447 e. The maximum Gasteiger partial charge on any atom is 0.271 e. The van der Waals surface area contributed by atoms with E-state index in [4.69, 9.17) is 14.7 Å². The second kappa shape index (κ2) is 4.75. The van der Waals surface area contributed by atoms with Crippen LogP contribution in [-0.4, -0.2) is 26.2 Å². The van der Waals surface area contributed by atoms with Crippen molar-refractivity contribution in [2.45, 2.75) is 24.6 Å². The lowest BCUT2D eigenvalue weighted by molar-refractivity contribution is 0.247. The van der Waals surface area contributed by atoms with Gasteiger partial charge >= 0.3 is 0 Å². The van der Waals surface area contributed by atoms with E-state index in [1.165, 1.54) is 12.1 Å². The van der Waals surface area contributed by atoms with E-state index in [-0.39, 0.29) is 17.7 Å². The highest BCUT2D eigenvalue weighted by Gasteiger charge is 2.13. The average molecular weight is 234 g/mol. The molecule has 1 heterocycles. The summed E-state index contributed by atoms with van der Waals surface area (Å²) in [6.07, 6.45) is 0. The molecular formula is C8H14N2O4S. The number of primary sulfonamides is 1. The third-order valence-corrected chi connectivity index (χ3v) is 2.60. The molecule has 1 atom stereocenters. The van der Waals surface area contributed by atoms with Gasteiger partial charge in [0.2, 0.25) is 5.09 Å². The molecule has 0 fully saturated rings. The smallest absolute Gasteiger partial charge is 0.271 e. The molecule has 0 amide bonds. The second-order valence-electron chi connectivity index (χ2n) is 3.23. The highest BCUT2D eigenvalue weighted by atomic mass is 32.2. The van der Waals surface area contributed by atoms with Gasteiger partial charge in [0.05, 0.1) is 13.2 Å². The number of sulfonamides is 1. The zero-order valence-corrected chi connectivity index (χ0v) is 9.12. The van der Waals surface area contributed by atoms with Gasteiger partial charge in [-0.3, -0.25) is 0 Å². The van der Waals surface area contributed by atoms with Gasteiger partial charge in [-0.25, -0.2) is 13.6 Å². The van der Waals surface area contributed by atoms with Gasteiger partial charge in [-0.15, -0.1) is 0 Å². The van der Waals surface area contributed by atoms with Crippen LogP contribution < -0.4 is 10.5 Å². The quantitative estimate of drug-likeness (QED) is 0.630. The molecule has 0 aromatic carbocycles. The van der Waals surface area contributed by atoms with Gasteiger partial charge in [-0.1, -0.05) is 0 Å². The SMILES string of the molecule is C[C@H](CO)NCc1ccc(S(N)(=O)=O)o1. The lowest BCUT2D eigenvalue weighted by Gasteiger charge is -2.08. The number of hydrogen-bond donors (Lipinski definition) is 3. The topological polar surface area (TPSA) is 106 Å². The number of aliphatic hydroxyl groups is 1. The molecule has 7 heteroatoms. The summed E-state index contributed by atoms with van der Waals surface area (Å²) in [6, 6.07) is 2.75. The summed E-state index contributed by atoms with van der Waals surface area (Å²) < 4.78 is 26.7. The number of furan rings is 1. The normalized spacial score (nSPS) is 14.1. The van der Waals surface area contributed by atoms with Gasteiger partial charge < -0.3 is 14.8 Å². The fourth-order valence-corrected chi connectivity index (χ4v) is 1.43. The van der Waals surface area contributed by atoms with Crippen molar-refractivity contribution >= 4 is 10.0 Å². The van der Waals surface area contributed by atoms with E-state index in [0.29, 0.717) is 12.3 Å². The van der Waals surface area contributed by atoms with Crippen molar-refractivity contribution in [2.24, 2.45) is 5.14 Å². The van der Waals surface area contributed by atoms with Gasteiger partial charge in [-0.2, -0.15) is 0 Å². The lowest BCUT2D eigenvalue weighted by atomic mass is 10.3. The van der Waals surface area contributed by atoms with Crippen molar-refractivity contribution in [3.05, 3.63) is 17.9 Å². The van der Waals surface area contributed by atoms with E-state index >= 15 is 0 Å². The molecule has 0 saturated heterocycles. The van der Waals surface area contributed by atoms with Gasteiger partial charge in [0, 0.05) is 6.04 Å². The van der Waals surface area contributed by atoms with Crippen LogP contribution in [0.15, 0.2) is 21.6 Å². The fourth-order valence-electron chi connectivity index (χ4n) is 0.946. The molecule has 0 aliphatic carbocycles. The van der Waals surface area contributed by atoms with Crippen LogP contribution >= 0.6 is 0 Å². The van der Waals surface area contributed by atoms with Crippen molar-refractivity contribution in [1.29, 1.82) is 0 Å². The largest absolute Gasteiger partial charge is 0.447 e. The molecule has 1 rings (SSSR count). The molecule has 0 saturated carbocycles. The molecular weight excluding hydrogens is 220 g/mol. The van der Waals surface area contributed by atoms with Crippen LogP contribution in [-0.2, 0) is 16.6 Å². The monoisotopic (exact) mass is 234 g/mol. The molecule has 0 unspecified atom stereocenters. The Labute approximate surface area is 88.1 Å². The molecule has 0 aliphatic heterocycles. The summed E-state index contributed by atoms with van der Waals surface area (Å²) in [4.78, 5) is 0. The van der Waals surface area contributed by atoms with Crippen LogP contribution in [0.25, 0.3) is 0 Å². The van der Waals surface area contributed by atoms with E-state index < -0.39 is 10.0 Å². The van der Waals surface area contributed by atoms with Gasteiger partial charge in [0.25, 0.3) is 10.0 Å². The number of nitrogens with two attached hydrogens (primary N) is 1. The number of nitrogens with one attached hydrogen (secondary N) is 1. The highest BCUT2D eigenvalue weighted by Crippen LogP contribution is 2.11. The van der Waals surface area contributed by atoms with Crippen molar-refractivity contribution in [2.75, 3.05) is 6.61 Å². The first-order valence-electron chi connectivity index (χ1n) is 4.39. The van der Waals surface area contributed by atoms with Crippen LogP contribution in [0.3, 0.4) is 0 Å². The second-order valence-corrected chi connectivity index (χ2v) is 4.72.